The van der Waals surface area contributed by atoms with Gasteiger partial charge in [-0.15, -0.1) is 0 Å². The summed E-state index contributed by atoms with van der Waals surface area (Å²) in [6.07, 6.45) is -0.471. The van der Waals surface area contributed by atoms with E-state index in [0.29, 0.717) is 0 Å². The zero-order valence-electron chi connectivity index (χ0n) is 6.10. The number of carboxylic acids is 1. The van der Waals surface area contributed by atoms with Gasteiger partial charge < -0.3 is 21.1 Å². The van der Waals surface area contributed by atoms with Gasteiger partial charge in [0.25, 0.3) is 0 Å². The Morgan fingerprint density at radius 2 is 2.00 bits per heavy atom. The first-order valence-electron chi connectivity index (χ1n) is 3.35. The second-order valence-corrected chi connectivity index (χ2v) is 2.36. The van der Waals surface area contributed by atoms with Crippen molar-refractivity contribution in [3.63, 3.8) is 0 Å². The topological polar surface area (TPSA) is 104 Å². The van der Waals surface area contributed by atoms with E-state index < -0.39 is 18.1 Å². The van der Waals surface area contributed by atoms with Crippen molar-refractivity contribution in [3.05, 3.63) is 0 Å². The predicted octanol–water partition coefficient (Wildman–Crippen LogP) is -1.47. The lowest BCUT2D eigenvalue weighted by atomic mass is 10.1. The second-order valence-electron chi connectivity index (χ2n) is 2.36. The van der Waals surface area contributed by atoms with Crippen molar-refractivity contribution >= 4 is 5.97 Å². The van der Waals surface area contributed by atoms with Crippen LogP contribution < -0.4 is 5.73 Å². The Bertz CT molecular complexity index is 128. The van der Waals surface area contributed by atoms with Gasteiger partial charge in [0, 0.05) is 0 Å². The highest BCUT2D eigenvalue weighted by molar-refractivity contribution is 5.72. The molecule has 0 spiro atoms. The van der Waals surface area contributed by atoms with Gasteiger partial charge in [0.05, 0.1) is 12.7 Å². The van der Waals surface area contributed by atoms with Crippen LogP contribution in [-0.4, -0.2) is 40.0 Å². The average Bonchev–Trinajstić information content (AvgIpc) is 1.99. The normalized spacial score (nSPS) is 15.9. The summed E-state index contributed by atoms with van der Waals surface area (Å²) in [6, 6.07) is -0.948. The van der Waals surface area contributed by atoms with Gasteiger partial charge in [-0.1, -0.05) is 0 Å². The highest BCUT2D eigenvalue weighted by Gasteiger charge is 2.12. The lowest BCUT2D eigenvalue weighted by Crippen LogP contribution is -2.31. The third-order valence-electron chi connectivity index (χ3n) is 1.34. The van der Waals surface area contributed by atoms with Crippen LogP contribution in [0.5, 0.6) is 0 Å². The first-order valence-corrected chi connectivity index (χ1v) is 3.35. The summed E-state index contributed by atoms with van der Waals surface area (Å²) in [4.78, 5) is 10.1. The monoisotopic (exact) mass is 163 g/mol. The molecule has 11 heavy (non-hydrogen) atoms. The van der Waals surface area contributed by atoms with Gasteiger partial charge >= 0.3 is 5.97 Å². The van der Waals surface area contributed by atoms with E-state index in [1.54, 1.807) is 0 Å². The number of aliphatic hydroxyl groups excluding tert-OH is 2. The van der Waals surface area contributed by atoms with E-state index in [1.165, 1.54) is 0 Å². The van der Waals surface area contributed by atoms with E-state index >= 15 is 0 Å². The van der Waals surface area contributed by atoms with E-state index in [9.17, 15) is 4.79 Å². The minimum atomic E-state index is -1.09. The molecule has 0 heterocycles. The molecule has 0 rings (SSSR count). The van der Waals surface area contributed by atoms with Gasteiger partial charge in [0.1, 0.15) is 6.04 Å². The highest BCUT2D eigenvalue weighted by atomic mass is 16.4. The molecule has 0 aliphatic heterocycles. The molecule has 2 atom stereocenters. The molecule has 0 aromatic heterocycles. The van der Waals surface area contributed by atoms with Crippen LogP contribution in [0.15, 0.2) is 0 Å². The molecule has 0 fully saturated rings. The molecular weight excluding hydrogens is 150 g/mol. The maximum Gasteiger partial charge on any atom is 0.320 e. The lowest BCUT2D eigenvalue weighted by molar-refractivity contribution is -0.138. The maximum atomic E-state index is 10.1. The van der Waals surface area contributed by atoms with Gasteiger partial charge in [0.15, 0.2) is 0 Å². The minimum Gasteiger partial charge on any atom is -0.480 e. The SMILES string of the molecule is N[C@@H](CCC(O)CO)C(=O)O. The number of hydrogen-bond acceptors (Lipinski definition) is 4. The highest BCUT2D eigenvalue weighted by Crippen LogP contribution is 1.99. The zero-order valence-corrected chi connectivity index (χ0v) is 6.10. The van der Waals surface area contributed by atoms with Crippen molar-refractivity contribution in [2.45, 2.75) is 25.0 Å². The number of aliphatic carboxylic acids is 1. The molecule has 66 valence electrons. The Morgan fingerprint density at radius 3 is 2.36 bits per heavy atom. The van der Waals surface area contributed by atoms with Gasteiger partial charge in [-0.2, -0.15) is 0 Å². The molecule has 1 unspecified atom stereocenters. The molecule has 5 nitrogen and oxygen atoms in total. The largest absolute Gasteiger partial charge is 0.480 e. The summed E-state index contributed by atoms with van der Waals surface area (Å²) in [5, 5.41) is 25.4. The van der Waals surface area contributed by atoms with Gasteiger partial charge in [0.2, 0.25) is 0 Å². The van der Waals surface area contributed by atoms with Gasteiger partial charge in [-0.05, 0) is 12.8 Å². The number of aliphatic hydroxyl groups is 2. The van der Waals surface area contributed by atoms with Crippen LogP contribution in [0.25, 0.3) is 0 Å². The summed E-state index contributed by atoms with van der Waals surface area (Å²) in [6.45, 7) is -0.355. The minimum absolute atomic E-state index is 0.178. The molecule has 0 aliphatic rings. The molecule has 5 N–H and O–H groups in total. The molecule has 5 heteroatoms. The van der Waals surface area contributed by atoms with Crippen molar-refractivity contribution in [2.75, 3.05) is 6.61 Å². The Hall–Kier alpha value is -0.650. The summed E-state index contributed by atoms with van der Waals surface area (Å²) in [7, 11) is 0. The molecule has 0 amide bonds. The third-order valence-corrected chi connectivity index (χ3v) is 1.34. The number of carbonyl (C=O) groups is 1. The van der Waals surface area contributed by atoms with Gasteiger partial charge in [-0.25, -0.2) is 0 Å². The molecule has 0 saturated carbocycles. The fourth-order valence-corrected chi connectivity index (χ4v) is 0.587. The second kappa shape index (κ2) is 5.06. The quantitative estimate of drug-likeness (QED) is 0.396. The molecular formula is C6H13NO4. The summed E-state index contributed by atoms with van der Waals surface area (Å²) in [5.41, 5.74) is 5.13. The van der Waals surface area contributed by atoms with E-state index in [0.717, 1.165) is 0 Å². The summed E-state index contributed by atoms with van der Waals surface area (Å²) >= 11 is 0. The molecule has 0 radical (unpaired) electrons. The smallest absolute Gasteiger partial charge is 0.320 e. The molecule has 0 aromatic carbocycles. The molecule has 0 saturated heterocycles. The lowest BCUT2D eigenvalue weighted by Gasteiger charge is -2.08. The predicted molar refractivity (Wildman–Crippen MR) is 37.9 cm³/mol. The fourth-order valence-electron chi connectivity index (χ4n) is 0.587. The first-order chi connectivity index (χ1) is 5.07. The Kier molecular flexibility index (Phi) is 4.76. The number of nitrogens with two attached hydrogens (primary N) is 1. The Balaban J connectivity index is 3.45. The standard InChI is InChI=1S/C6H13NO4/c7-5(6(10)11)2-1-4(9)3-8/h4-5,8-9H,1-3,7H2,(H,10,11)/t4?,5-/m0/s1. The van der Waals surface area contributed by atoms with Crippen molar-refractivity contribution in [1.29, 1.82) is 0 Å². The third kappa shape index (κ3) is 4.72. The summed E-state index contributed by atoms with van der Waals surface area (Å²) in [5.74, 6) is -1.09. The number of carboxylic acid groups (broad SMARTS) is 1. The Morgan fingerprint density at radius 1 is 1.45 bits per heavy atom. The summed E-state index contributed by atoms with van der Waals surface area (Å²) < 4.78 is 0. The fraction of sp³-hybridized carbons (Fsp3) is 0.833. The van der Waals surface area contributed by atoms with Crippen LogP contribution in [0, 0.1) is 0 Å². The van der Waals surface area contributed by atoms with Crippen LogP contribution in [0.2, 0.25) is 0 Å². The van der Waals surface area contributed by atoms with Crippen LogP contribution in [0.4, 0.5) is 0 Å². The number of rotatable bonds is 5. The van der Waals surface area contributed by atoms with Crippen LogP contribution in [0.3, 0.4) is 0 Å². The van der Waals surface area contributed by atoms with Crippen molar-refractivity contribution < 1.29 is 20.1 Å². The van der Waals surface area contributed by atoms with Gasteiger partial charge in [-0.3, -0.25) is 4.79 Å². The Labute approximate surface area is 64.4 Å². The van der Waals surface area contributed by atoms with E-state index in [1.807, 2.05) is 0 Å². The van der Waals surface area contributed by atoms with Crippen LogP contribution >= 0.6 is 0 Å². The van der Waals surface area contributed by atoms with Crippen molar-refractivity contribution in [3.8, 4) is 0 Å². The van der Waals surface area contributed by atoms with Crippen LogP contribution in [-0.2, 0) is 4.79 Å². The molecule has 0 bridgehead atoms. The van der Waals surface area contributed by atoms with Crippen molar-refractivity contribution in [2.24, 2.45) is 5.73 Å². The molecule has 0 aliphatic carbocycles. The van der Waals surface area contributed by atoms with Crippen LogP contribution in [0.1, 0.15) is 12.8 Å². The van der Waals surface area contributed by atoms with E-state index in [2.05, 4.69) is 0 Å². The van der Waals surface area contributed by atoms with E-state index in [-0.39, 0.29) is 19.4 Å². The first kappa shape index (κ1) is 10.3. The number of hydrogen-bond donors (Lipinski definition) is 4. The zero-order chi connectivity index (χ0) is 8.85. The van der Waals surface area contributed by atoms with Crippen molar-refractivity contribution in [1.82, 2.24) is 0 Å². The van der Waals surface area contributed by atoms with E-state index in [4.69, 9.17) is 21.1 Å². The maximum absolute atomic E-state index is 10.1. The molecule has 0 aromatic rings. The average molecular weight is 163 g/mol.